The number of aromatic hydroxyl groups is 1. The van der Waals surface area contributed by atoms with Crippen molar-refractivity contribution in [2.75, 3.05) is 0 Å². The molecule has 1 aromatic rings. The Kier molecular flexibility index (Phi) is 3.40. The quantitative estimate of drug-likeness (QED) is 0.832. The second-order valence-electron chi connectivity index (χ2n) is 6.93. The van der Waals surface area contributed by atoms with Crippen molar-refractivity contribution in [2.45, 2.75) is 57.0 Å². The SMILES string of the molecule is O=C1C=CC2(F)CCCCC2=C1c1c(O)ccc2c1CCCC2. The molecule has 1 saturated carbocycles. The first kappa shape index (κ1) is 14.7. The summed E-state index contributed by atoms with van der Waals surface area (Å²) in [5.41, 5.74) is 2.37. The van der Waals surface area contributed by atoms with Gasteiger partial charge in [-0.3, -0.25) is 4.79 Å². The molecule has 0 radical (unpaired) electrons. The molecule has 0 spiro atoms. The minimum atomic E-state index is -1.51. The number of carbonyl (C=O) groups is 1. The van der Waals surface area contributed by atoms with Gasteiger partial charge in [-0.15, -0.1) is 0 Å². The molecule has 1 N–H and O–H groups in total. The van der Waals surface area contributed by atoms with Crippen LogP contribution in [0.1, 0.15) is 55.2 Å². The summed E-state index contributed by atoms with van der Waals surface area (Å²) in [6.45, 7) is 0. The van der Waals surface area contributed by atoms with E-state index in [1.54, 1.807) is 6.07 Å². The van der Waals surface area contributed by atoms with Crippen LogP contribution >= 0.6 is 0 Å². The number of carbonyl (C=O) groups excluding carboxylic acids is 1. The fourth-order valence-electron chi connectivity index (χ4n) is 4.37. The number of halogens is 1. The van der Waals surface area contributed by atoms with Crippen molar-refractivity contribution in [2.24, 2.45) is 0 Å². The average Bonchev–Trinajstić information content (AvgIpc) is 2.56. The van der Waals surface area contributed by atoms with E-state index in [9.17, 15) is 9.90 Å². The average molecular weight is 312 g/mol. The maximum absolute atomic E-state index is 15.3. The Balaban J connectivity index is 1.97. The molecular formula is C20H21FO2. The van der Waals surface area contributed by atoms with Crippen molar-refractivity contribution in [1.29, 1.82) is 0 Å². The van der Waals surface area contributed by atoms with Gasteiger partial charge in [0.05, 0.1) is 0 Å². The molecule has 3 heteroatoms. The molecule has 0 saturated heterocycles. The van der Waals surface area contributed by atoms with Crippen molar-refractivity contribution in [3.05, 3.63) is 46.5 Å². The van der Waals surface area contributed by atoms with Crippen LogP contribution in [0.25, 0.3) is 5.57 Å². The lowest BCUT2D eigenvalue weighted by atomic mass is 9.72. The molecule has 4 rings (SSSR count). The Morgan fingerprint density at radius 3 is 2.70 bits per heavy atom. The van der Waals surface area contributed by atoms with E-state index in [2.05, 4.69) is 0 Å². The van der Waals surface area contributed by atoms with Gasteiger partial charge in [-0.25, -0.2) is 4.39 Å². The number of allylic oxidation sites excluding steroid dienone is 4. The highest BCUT2D eigenvalue weighted by molar-refractivity contribution is 6.29. The van der Waals surface area contributed by atoms with Gasteiger partial charge in [0, 0.05) is 11.1 Å². The number of phenols is 1. The lowest BCUT2D eigenvalue weighted by Crippen LogP contribution is -2.32. The van der Waals surface area contributed by atoms with Crippen molar-refractivity contribution < 1.29 is 14.3 Å². The van der Waals surface area contributed by atoms with Crippen LogP contribution in [0.4, 0.5) is 4.39 Å². The molecule has 1 unspecified atom stereocenters. The Bertz CT molecular complexity index is 744. The largest absolute Gasteiger partial charge is 0.507 e. The smallest absolute Gasteiger partial charge is 0.186 e. The lowest BCUT2D eigenvalue weighted by Gasteiger charge is -2.35. The van der Waals surface area contributed by atoms with E-state index in [1.165, 1.54) is 17.7 Å². The fraction of sp³-hybridized carbons (Fsp3) is 0.450. The topological polar surface area (TPSA) is 37.3 Å². The number of rotatable bonds is 1. The van der Waals surface area contributed by atoms with Gasteiger partial charge in [0.15, 0.2) is 11.5 Å². The molecule has 1 aromatic carbocycles. The number of aryl methyl sites for hydroxylation is 1. The Morgan fingerprint density at radius 1 is 1.04 bits per heavy atom. The maximum Gasteiger partial charge on any atom is 0.186 e. The van der Waals surface area contributed by atoms with Gasteiger partial charge >= 0.3 is 0 Å². The summed E-state index contributed by atoms with van der Waals surface area (Å²) in [6.07, 6.45) is 9.58. The van der Waals surface area contributed by atoms with Crippen LogP contribution in [0.2, 0.25) is 0 Å². The Labute approximate surface area is 135 Å². The number of hydrogen-bond donors (Lipinski definition) is 1. The summed E-state index contributed by atoms with van der Waals surface area (Å²) < 4.78 is 15.3. The van der Waals surface area contributed by atoms with Crippen LogP contribution in [-0.2, 0) is 17.6 Å². The Morgan fingerprint density at radius 2 is 1.83 bits per heavy atom. The third kappa shape index (κ3) is 2.25. The van der Waals surface area contributed by atoms with Crippen LogP contribution in [-0.4, -0.2) is 16.6 Å². The summed E-state index contributed by atoms with van der Waals surface area (Å²) in [4.78, 5) is 12.6. The van der Waals surface area contributed by atoms with Gasteiger partial charge in [0.2, 0.25) is 0 Å². The summed E-state index contributed by atoms with van der Waals surface area (Å²) >= 11 is 0. The first-order valence-corrected chi connectivity index (χ1v) is 8.60. The van der Waals surface area contributed by atoms with E-state index in [1.807, 2.05) is 6.07 Å². The number of benzene rings is 1. The standard InChI is InChI=1S/C20H21FO2/c21-20-11-4-3-7-15(20)19(17(23)10-12-20)18-14-6-2-1-5-13(14)8-9-16(18)22/h8-10,12,22H,1-7,11H2. The van der Waals surface area contributed by atoms with Crippen LogP contribution in [0, 0.1) is 0 Å². The second kappa shape index (κ2) is 5.33. The highest BCUT2D eigenvalue weighted by Crippen LogP contribution is 2.47. The van der Waals surface area contributed by atoms with Crippen molar-refractivity contribution in [3.63, 3.8) is 0 Å². The fourth-order valence-corrected chi connectivity index (χ4v) is 4.37. The summed E-state index contributed by atoms with van der Waals surface area (Å²) in [5.74, 6) is -0.0471. The number of hydrogen-bond acceptors (Lipinski definition) is 2. The van der Waals surface area contributed by atoms with Crippen molar-refractivity contribution in [1.82, 2.24) is 0 Å². The zero-order valence-electron chi connectivity index (χ0n) is 13.2. The molecule has 3 aliphatic carbocycles. The van der Waals surface area contributed by atoms with Crippen LogP contribution < -0.4 is 0 Å². The number of ketones is 1. The minimum Gasteiger partial charge on any atom is -0.507 e. The monoisotopic (exact) mass is 312 g/mol. The molecule has 23 heavy (non-hydrogen) atoms. The van der Waals surface area contributed by atoms with Crippen LogP contribution in [0.5, 0.6) is 5.75 Å². The van der Waals surface area contributed by atoms with Gasteiger partial charge in [0.25, 0.3) is 0 Å². The number of alkyl halides is 1. The summed E-state index contributed by atoms with van der Waals surface area (Å²) in [7, 11) is 0. The van der Waals surface area contributed by atoms with Gasteiger partial charge in [-0.05, 0) is 86.3 Å². The number of phenolic OH excluding ortho intramolecular Hbond substituents is 1. The van der Waals surface area contributed by atoms with E-state index in [0.717, 1.165) is 44.1 Å². The van der Waals surface area contributed by atoms with E-state index in [0.29, 0.717) is 29.6 Å². The van der Waals surface area contributed by atoms with Gasteiger partial charge in [-0.1, -0.05) is 6.07 Å². The zero-order valence-corrected chi connectivity index (χ0v) is 13.2. The normalized spacial score (nSPS) is 26.9. The molecule has 1 atom stereocenters. The molecule has 0 aromatic heterocycles. The molecule has 0 heterocycles. The molecule has 0 bridgehead atoms. The van der Waals surface area contributed by atoms with Crippen molar-refractivity contribution in [3.8, 4) is 5.75 Å². The lowest BCUT2D eigenvalue weighted by molar-refractivity contribution is -0.110. The molecule has 0 aliphatic heterocycles. The highest BCUT2D eigenvalue weighted by Gasteiger charge is 2.41. The maximum atomic E-state index is 15.3. The van der Waals surface area contributed by atoms with Crippen molar-refractivity contribution >= 4 is 11.4 Å². The van der Waals surface area contributed by atoms with Gasteiger partial charge in [0.1, 0.15) is 5.75 Å². The van der Waals surface area contributed by atoms with E-state index in [-0.39, 0.29) is 11.5 Å². The van der Waals surface area contributed by atoms with E-state index >= 15 is 4.39 Å². The highest BCUT2D eigenvalue weighted by atomic mass is 19.1. The van der Waals surface area contributed by atoms with E-state index in [4.69, 9.17) is 0 Å². The molecule has 120 valence electrons. The van der Waals surface area contributed by atoms with Gasteiger partial charge < -0.3 is 5.11 Å². The third-order valence-corrected chi connectivity index (χ3v) is 5.53. The minimum absolute atomic E-state index is 0.115. The first-order valence-electron chi connectivity index (χ1n) is 8.60. The van der Waals surface area contributed by atoms with Crippen LogP contribution in [0.15, 0.2) is 29.9 Å². The van der Waals surface area contributed by atoms with Gasteiger partial charge in [-0.2, -0.15) is 0 Å². The Hall–Kier alpha value is -1.90. The molecule has 0 amide bonds. The summed E-state index contributed by atoms with van der Waals surface area (Å²) in [5, 5.41) is 10.5. The zero-order chi connectivity index (χ0) is 16.0. The third-order valence-electron chi connectivity index (χ3n) is 5.53. The molecule has 2 nitrogen and oxygen atoms in total. The first-order chi connectivity index (χ1) is 11.1. The molecule has 1 fully saturated rings. The predicted octanol–water partition coefficient (Wildman–Crippen LogP) is 4.45. The molecular weight excluding hydrogens is 291 g/mol. The molecule has 3 aliphatic rings. The predicted molar refractivity (Wildman–Crippen MR) is 88.1 cm³/mol. The summed E-state index contributed by atoms with van der Waals surface area (Å²) in [6, 6.07) is 3.62. The number of fused-ring (bicyclic) bond motifs is 2. The van der Waals surface area contributed by atoms with Crippen LogP contribution in [0.3, 0.4) is 0 Å². The second-order valence-corrected chi connectivity index (χ2v) is 6.93. The van der Waals surface area contributed by atoms with E-state index < -0.39 is 5.67 Å².